The molecule has 0 aliphatic rings. The van der Waals surface area contributed by atoms with E-state index in [9.17, 15) is 9.18 Å². The third-order valence-corrected chi connectivity index (χ3v) is 4.10. The van der Waals surface area contributed by atoms with Crippen molar-refractivity contribution in [1.29, 1.82) is 0 Å². The molecule has 0 fully saturated rings. The number of hydrogen-bond acceptors (Lipinski definition) is 6. The number of nitrogens with one attached hydrogen (secondary N) is 3. The monoisotopic (exact) mass is 473 g/mol. The van der Waals surface area contributed by atoms with Crippen molar-refractivity contribution in [3.63, 3.8) is 0 Å². The average Bonchev–Trinajstić information content (AvgIpc) is 2.59. The molecule has 1 aromatic heterocycles. The predicted octanol–water partition coefficient (Wildman–Crippen LogP) is 5.10. The van der Waals surface area contributed by atoms with E-state index in [4.69, 9.17) is 16.3 Å². The van der Waals surface area contributed by atoms with E-state index in [2.05, 4.69) is 41.8 Å². The zero-order valence-electron chi connectivity index (χ0n) is 15.8. The molecule has 2 aromatic rings. The van der Waals surface area contributed by atoms with Crippen LogP contribution in [-0.2, 0) is 4.74 Å². The van der Waals surface area contributed by atoms with Crippen molar-refractivity contribution in [3.8, 4) is 0 Å². The summed E-state index contributed by atoms with van der Waals surface area (Å²) in [6, 6.07) is 4.26. The number of hydrogen-bond donors (Lipinski definition) is 3. The van der Waals surface area contributed by atoms with E-state index < -0.39 is 17.5 Å². The van der Waals surface area contributed by atoms with Crippen LogP contribution in [0.2, 0.25) is 5.02 Å². The Labute approximate surface area is 176 Å². The van der Waals surface area contributed by atoms with Crippen LogP contribution >= 0.6 is 27.5 Å². The van der Waals surface area contributed by atoms with E-state index in [0.717, 1.165) is 0 Å². The molecule has 3 N–H and O–H groups in total. The minimum atomic E-state index is -0.522. The number of alkyl carbamates (subject to hydrolysis) is 1. The van der Waals surface area contributed by atoms with Gasteiger partial charge in [0.1, 0.15) is 17.2 Å². The van der Waals surface area contributed by atoms with Crippen molar-refractivity contribution >= 4 is 51.1 Å². The fourth-order valence-electron chi connectivity index (χ4n) is 2.05. The van der Waals surface area contributed by atoms with Gasteiger partial charge in [0.15, 0.2) is 0 Å². The second kappa shape index (κ2) is 9.88. The van der Waals surface area contributed by atoms with Crippen LogP contribution in [0.4, 0.5) is 26.6 Å². The Morgan fingerprint density at radius 1 is 1.32 bits per heavy atom. The van der Waals surface area contributed by atoms with Crippen LogP contribution in [0.25, 0.3) is 0 Å². The number of amides is 1. The van der Waals surface area contributed by atoms with Crippen molar-refractivity contribution in [2.45, 2.75) is 32.8 Å². The first kappa shape index (κ1) is 22.2. The zero-order valence-corrected chi connectivity index (χ0v) is 18.1. The SMILES string of the molecule is CC(C)(C)OC(=O)NCCCNc1nc(Nc2ccc(F)c(Cl)c2)ncc1Br. The molecule has 1 aromatic carbocycles. The lowest BCUT2D eigenvalue weighted by atomic mass is 10.2. The molecular weight excluding hydrogens is 453 g/mol. The lowest BCUT2D eigenvalue weighted by molar-refractivity contribution is 0.0528. The molecule has 0 aliphatic carbocycles. The van der Waals surface area contributed by atoms with Crippen molar-refractivity contribution in [1.82, 2.24) is 15.3 Å². The molecule has 0 spiro atoms. The smallest absolute Gasteiger partial charge is 0.407 e. The van der Waals surface area contributed by atoms with Gasteiger partial charge < -0.3 is 20.7 Å². The van der Waals surface area contributed by atoms with Gasteiger partial charge in [0.05, 0.1) is 9.50 Å². The Morgan fingerprint density at radius 3 is 2.75 bits per heavy atom. The van der Waals surface area contributed by atoms with E-state index in [1.54, 1.807) is 12.3 Å². The van der Waals surface area contributed by atoms with Crippen LogP contribution in [0, 0.1) is 5.82 Å². The van der Waals surface area contributed by atoms with Gasteiger partial charge in [-0.3, -0.25) is 0 Å². The first-order valence-electron chi connectivity index (χ1n) is 8.59. The molecule has 0 saturated carbocycles. The van der Waals surface area contributed by atoms with E-state index in [1.165, 1.54) is 12.1 Å². The van der Waals surface area contributed by atoms with Gasteiger partial charge in [0, 0.05) is 25.0 Å². The standard InChI is InChI=1S/C18H22BrClFN5O2/c1-18(2,3)28-17(27)23-8-4-7-22-15-12(19)10-24-16(26-15)25-11-5-6-14(21)13(20)9-11/h5-6,9-10H,4,7-8H2,1-3H3,(H,23,27)(H2,22,24,25,26). The lowest BCUT2D eigenvalue weighted by Crippen LogP contribution is -2.33. The minimum absolute atomic E-state index is 0.0120. The number of carbonyl (C=O) groups is 1. The van der Waals surface area contributed by atoms with Crippen LogP contribution < -0.4 is 16.0 Å². The summed E-state index contributed by atoms with van der Waals surface area (Å²) in [7, 11) is 0. The first-order chi connectivity index (χ1) is 13.1. The number of carbonyl (C=O) groups excluding carboxylic acids is 1. The largest absolute Gasteiger partial charge is 0.444 e. The lowest BCUT2D eigenvalue weighted by Gasteiger charge is -2.19. The molecule has 152 valence electrons. The fourth-order valence-corrected chi connectivity index (χ4v) is 2.57. The predicted molar refractivity (Wildman–Crippen MR) is 112 cm³/mol. The van der Waals surface area contributed by atoms with E-state index >= 15 is 0 Å². The topological polar surface area (TPSA) is 88.2 Å². The quantitative estimate of drug-likeness (QED) is 0.484. The van der Waals surface area contributed by atoms with Crippen LogP contribution in [-0.4, -0.2) is 34.8 Å². The summed E-state index contributed by atoms with van der Waals surface area (Å²) in [5, 5.41) is 8.84. The Bertz CT molecular complexity index is 832. The molecule has 0 saturated heterocycles. The van der Waals surface area contributed by atoms with Gasteiger partial charge in [-0.05, 0) is 61.3 Å². The Balaban J connectivity index is 1.84. The maximum absolute atomic E-state index is 13.2. The van der Waals surface area contributed by atoms with Gasteiger partial charge in [0.25, 0.3) is 0 Å². The highest BCUT2D eigenvalue weighted by atomic mass is 79.9. The molecule has 1 heterocycles. The van der Waals surface area contributed by atoms with Crippen molar-refractivity contribution in [2.75, 3.05) is 23.7 Å². The van der Waals surface area contributed by atoms with Crippen molar-refractivity contribution < 1.29 is 13.9 Å². The summed E-state index contributed by atoms with van der Waals surface area (Å²) in [4.78, 5) is 20.1. The Morgan fingerprint density at radius 2 is 2.07 bits per heavy atom. The minimum Gasteiger partial charge on any atom is -0.444 e. The highest BCUT2D eigenvalue weighted by molar-refractivity contribution is 9.10. The third-order valence-electron chi connectivity index (χ3n) is 3.23. The molecule has 0 unspecified atom stereocenters. The van der Waals surface area contributed by atoms with Crippen molar-refractivity contribution in [3.05, 3.63) is 39.7 Å². The molecule has 7 nitrogen and oxygen atoms in total. The second-order valence-electron chi connectivity index (χ2n) is 6.85. The van der Waals surface area contributed by atoms with Crippen LogP contribution in [0.15, 0.2) is 28.9 Å². The fraction of sp³-hybridized carbons (Fsp3) is 0.389. The summed E-state index contributed by atoms with van der Waals surface area (Å²) in [5.74, 6) is 0.425. The van der Waals surface area contributed by atoms with E-state index in [1.807, 2.05) is 20.8 Å². The number of halogens is 3. The number of rotatable bonds is 7. The Kier molecular flexibility index (Phi) is 7.82. The molecule has 28 heavy (non-hydrogen) atoms. The summed E-state index contributed by atoms with van der Waals surface area (Å²) < 4.78 is 19.1. The number of aromatic nitrogens is 2. The number of ether oxygens (including phenoxy) is 1. The summed E-state index contributed by atoms with van der Waals surface area (Å²) in [6.07, 6.45) is 1.83. The highest BCUT2D eigenvalue weighted by Crippen LogP contribution is 2.24. The molecule has 10 heteroatoms. The van der Waals surface area contributed by atoms with Gasteiger partial charge >= 0.3 is 6.09 Å². The summed E-state index contributed by atoms with van der Waals surface area (Å²) >= 11 is 9.16. The number of anilines is 3. The van der Waals surface area contributed by atoms with Gasteiger partial charge in [-0.2, -0.15) is 4.98 Å². The highest BCUT2D eigenvalue weighted by Gasteiger charge is 2.15. The molecule has 0 aliphatic heterocycles. The van der Waals surface area contributed by atoms with Crippen LogP contribution in [0.3, 0.4) is 0 Å². The molecule has 1 amide bonds. The molecular formula is C18H22BrClFN5O2. The maximum Gasteiger partial charge on any atom is 0.407 e. The Hall–Kier alpha value is -2.13. The van der Waals surface area contributed by atoms with E-state index in [-0.39, 0.29) is 5.02 Å². The number of benzene rings is 1. The summed E-state index contributed by atoms with van der Waals surface area (Å²) in [5.41, 5.74) is 0.0491. The second-order valence-corrected chi connectivity index (χ2v) is 8.11. The molecule has 0 atom stereocenters. The molecule has 0 bridgehead atoms. The maximum atomic E-state index is 13.2. The molecule has 2 rings (SSSR count). The molecule has 0 radical (unpaired) electrons. The van der Waals surface area contributed by atoms with Gasteiger partial charge in [-0.25, -0.2) is 14.2 Å². The van der Waals surface area contributed by atoms with E-state index in [0.29, 0.717) is 41.4 Å². The van der Waals surface area contributed by atoms with Crippen molar-refractivity contribution in [2.24, 2.45) is 0 Å². The third kappa shape index (κ3) is 7.47. The zero-order chi connectivity index (χ0) is 20.7. The van der Waals surface area contributed by atoms with Gasteiger partial charge in [-0.1, -0.05) is 11.6 Å². The summed E-state index contributed by atoms with van der Waals surface area (Å²) in [6.45, 7) is 6.47. The van der Waals surface area contributed by atoms with Gasteiger partial charge in [-0.15, -0.1) is 0 Å². The van der Waals surface area contributed by atoms with Crippen LogP contribution in [0.1, 0.15) is 27.2 Å². The number of nitrogens with zero attached hydrogens (tertiary/aromatic N) is 2. The van der Waals surface area contributed by atoms with Gasteiger partial charge in [0.2, 0.25) is 5.95 Å². The first-order valence-corrected chi connectivity index (χ1v) is 9.76. The van der Waals surface area contributed by atoms with Crippen LogP contribution in [0.5, 0.6) is 0 Å². The average molecular weight is 475 g/mol. The normalized spacial score (nSPS) is 11.1.